The highest BCUT2D eigenvalue weighted by Crippen LogP contribution is 2.30. The molecule has 2 aromatic rings. The zero-order valence-corrected chi connectivity index (χ0v) is 15.6. The van der Waals surface area contributed by atoms with Gasteiger partial charge in [-0.2, -0.15) is 0 Å². The molecule has 2 heterocycles. The second-order valence-electron chi connectivity index (χ2n) is 6.19. The lowest BCUT2D eigenvalue weighted by Gasteiger charge is -2.22. The summed E-state index contributed by atoms with van der Waals surface area (Å²) in [6.45, 7) is 3.54. The Morgan fingerprint density at radius 2 is 2.00 bits per heavy atom. The first-order valence-electron chi connectivity index (χ1n) is 8.41. The molecule has 0 spiro atoms. The quantitative estimate of drug-likeness (QED) is 0.811. The molecule has 138 valence electrons. The minimum Gasteiger partial charge on any atom is -0.465 e. The Kier molecular flexibility index (Phi) is 5.41. The van der Waals surface area contributed by atoms with Crippen LogP contribution in [0.1, 0.15) is 28.9 Å². The van der Waals surface area contributed by atoms with Crippen molar-refractivity contribution in [3.63, 3.8) is 0 Å². The Hall–Kier alpha value is -2.61. The third-order valence-corrected chi connectivity index (χ3v) is 5.30. The number of hydrogen-bond donors (Lipinski definition) is 1. The Labute approximate surface area is 155 Å². The molecule has 1 aromatic heterocycles. The van der Waals surface area contributed by atoms with E-state index in [-0.39, 0.29) is 17.3 Å². The summed E-state index contributed by atoms with van der Waals surface area (Å²) < 4.78 is 6.20. The van der Waals surface area contributed by atoms with Gasteiger partial charge in [0, 0.05) is 24.2 Å². The normalized spacial score (nSPS) is 13.7. The van der Waals surface area contributed by atoms with Gasteiger partial charge >= 0.3 is 10.8 Å². The predicted molar refractivity (Wildman–Crippen MR) is 101 cm³/mol. The third-order valence-electron chi connectivity index (χ3n) is 4.42. The van der Waals surface area contributed by atoms with Crippen LogP contribution in [0.4, 0.5) is 11.4 Å². The first-order chi connectivity index (χ1) is 12.5. The number of ether oxygens (including phenoxy) is 1. The van der Waals surface area contributed by atoms with Crippen LogP contribution in [0, 0.1) is 6.92 Å². The van der Waals surface area contributed by atoms with Crippen LogP contribution in [-0.4, -0.2) is 36.6 Å². The lowest BCUT2D eigenvalue weighted by atomic mass is 10.1. The summed E-state index contributed by atoms with van der Waals surface area (Å²) in [6, 6.07) is 5.15. The number of carbonyl (C=O) groups is 2. The van der Waals surface area contributed by atoms with E-state index in [0.29, 0.717) is 11.3 Å². The Morgan fingerprint density at radius 3 is 2.62 bits per heavy atom. The molecular formula is C18H21N3O4S. The Bertz CT molecular complexity index is 881. The molecule has 1 aliphatic rings. The number of esters is 1. The molecule has 0 saturated carbocycles. The summed E-state index contributed by atoms with van der Waals surface area (Å²) in [7, 11) is 1.32. The van der Waals surface area contributed by atoms with Crippen LogP contribution in [0.5, 0.6) is 0 Å². The van der Waals surface area contributed by atoms with Crippen LogP contribution in [0.25, 0.3) is 0 Å². The standard InChI is InChI=1S/C18H21N3O4S/c1-12-11-26-18(24)21(12)10-16(22)19-14-9-13(17(23)25-2)5-6-15(14)20-7-3-4-8-20/h5-6,9,11H,3-4,7-8,10H2,1-2H3,(H,19,22). The van der Waals surface area contributed by atoms with Crippen molar-refractivity contribution in [2.45, 2.75) is 26.3 Å². The van der Waals surface area contributed by atoms with Crippen LogP contribution < -0.4 is 15.1 Å². The fourth-order valence-corrected chi connectivity index (χ4v) is 3.78. The number of anilines is 2. The van der Waals surface area contributed by atoms with Gasteiger partial charge in [0.2, 0.25) is 5.91 Å². The first-order valence-corrected chi connectivity index (χ1v) is 9.29. The average molecular weight is 375 g/mol. The van der Waals surface area contributed by atoms with Crippen LogP contribution >= 0.6 is 11.3 Å². The summed E-state index contributed by atoms with van der Waals surface area (Å²) in [6.07, 6.45) is 2.19. The Balaban J connectivity index is 1.87. The van der Waals surface area contributed by atoms with Crippen molar-refractivity contribution >= 4 is 34.6 Å². The molecule has 1 saturated heterocycles. The minimum atomic E-state index is -0.460. The van der Waals surface area contributed by atoms with Gasteiger partial charge in [-0.25, -0.2) is 4.79 Å². The highest BCUT2D eigenvalue weighted by molar-refractivity contribution is 7.07. The van der Waals surface area contributed by atoms with E-state index in [1.807, 2.05) is 6.07 Å². The van der Waals surface area contributed by atoms with E-state index in [9.17, 15) is 14.4 Å². The number of carbonyl (C=O) groups excluding carboxylic acids is 2. The topological polar surface area (TPSA) is 80.6 Å². The summed E-state index contributed by atoms with van der Waals surface area (Å²) in [5, 5.41) is 4.58. The number of nitrogens with zero attached hydrogens (tertiary/aromatic N) is 2. The number of rotatable bonds is 5. The highest BCUT2D eigenvalue weighted by Gasteiger charge is 2.19. The van der Waals surface area contributed by atoms with Gasteiger partial charge in [-0.3, -0.25) is 14.2 Å². The van der Waals surface area contributed by atoms with E-state index in [4.69, 9.17) is 4.74 Å². The second-order valence-corrected chi connectivity index (χ2v) is 7.02. The van der Waals surface area contributed by atoms with E-state index in [2.05, 4.69) is 10.2 Å². The fraction of sp³-hybridized carbons (Fsp3) is 0.389. The van der Waals surface area contributed by atoms with Crippen molar-refractivity contribution in [2.24, 2.45) is 0 Å². The molecule has 1 amide bonds. The molecule has 1 fully saturated rings. The molecule has 1 N–H and O–H groups in total. The fourth-order valence-electron chi connectivity index (χ4n) is 3.04. The summed E-state index contributed by atoms with van der Waals surface area (Å²) in [4.78, 5) is 38.2. The van der Waals surface area contributed by atoms with Crippen LogP contribution in [0.3, 0.4) is 0 Å². The molecule has 7 nitrogen and oxygen atoms in total. The average Bonchev–Trinajstić information content (AvgIpc) is 3.27. The minimum absolute atomic E-state index is 0.0595. The first kappa shape index (κ1) is 18.2. The number of benzene rings is 1. The third kappa shape index (κ3) is 3.80. The number of hydrogen-bond acceptors (Lipinski definition) is 6. The number of amides is 1. The van der Waals surface area contributed by atoms with E-state index < -0.39 is 5.97 Å². The van der Waals surface area contributed by atoms with Gasteiger partial charge < -0.3 is 15.0 Å². The monoisotopic (exact) mass is 375 g/mol. The van der Waals surface area contributed by atoms with Crippen molar-refractivity contribution in [1.82, 2.24) is 4.57 Å². The maximum Gasteiger partial charge on any atom is 0.337 e. The van der Waals surface area contributed by atoms with Crippen LogP contribution in [0.2, 0.25) is 0 Å². The molecule has 0 aliphatic carbocycles. The van der Waals surface area contributed by atoms with Gasteiger partial charge in [0.25, 0.3) is 0 Å². The number of nitrogens with one attached hydrogen (secondary N) is 1. The molecule has 0 atom stereocenters. The number of aryl methyl sites for hydroxylation is 1. The summed E-state index contributed by atoms with van der Waals surface area (Å²) >= 11 is 1.07. The largest absolute Gasteiger partial charge is 0.465 e. The maximum absolute atomic E-state index is 12.5. The molecule has 0 bridgehead atoms. The second kappa shape index (κ2) is 7.74. The van der Waals surface area contributed by atoms with Gasteiger partial charge in [0.1, 0.15) is 6.54 Å². The highest BCUT2D eigenvalue weighted by atomic mass is 32.1. The van der Waals surface area contributed by atoms with Crippen LogP contribution in [0.15, 0.2) is 28.4 Å². The number of thiazole rings is 1. The van der Waals surface area contributed by atoms with Gasteiger partial charge in [0.05, 0.1) is 24.0 Å². The number of aromatic nitrogens is 1. The SMILES string of the molecule is COC(=O)c1ccc(N2CCCC2)c(NC(=O)Cn2c(C)csc2=O)c1. The van der Waals surface area contributed by atoms with Crippen molar-refractivity contribution in [1.29, 1.82) is 0 Å². The van der Waals surface area contributed by atoms with Gasteiger partial charge in [0.15, 0.2) is 0 Å². The lowest BCUT2D eigenvalue weighted by molar-refractivity contribution is -0.116. The molecule has 8 heteroatoms. The molecule has 1 aromatic carbocycles. The lowest BCUT2D eigenvalue weighted by Crippen LogP contribution is -2.27. The van der Waals surface area contributed by atoms with Gasteiger partial charge in [-0.1, -0.05) is 11.3 Å². The molecule has 26 heavy (non-hydrogen) atoms. The molecule has 0 unspecified atom stereocenters. The van der Waals surface area contributed by atoms with E-state index in [1.54, 1.807) is 24.4 Å². The van der Waals surface area contributed by atoms with Crippen molar-refractivity contribution in [2.75, 3.05) is 30.4 Å². The van der Waals surface area contributed by atoms with Crippen molar-refractivity contribution in [3.05, 3.63) is 44.5 Å². The van der Waals surface area contributed by atoms with Gasteiger partial charge in [-0.15, -0.1) is 0 Å². The Morgan fingerprint density at radius 1 is 1.27 bits per heavy atom. The molecular weight excluding hydrogens is 354 g/mol. The van der Waals surface area contributed by atoms with Crippen LogP contribution in [-0.2, 0) is 16.1 Å². The summed E-state index contributed by atoms with van der Waals surface area (Å²) in [5.41, 5.74) is 2.55. The number of methoxy groups -OCH3 is 1. The zero-order valence-electron chi connectivity index (χ0n) is 14.8. The van der Waals surface area contributed by atoms with Crippen molar-refractivity contribution in [3.8, 4) is 0 Å². The van der Waals surface area contributed by atoms with E-state index >= 15 is 0 Å². The van der Waals surface area contributed by atoms with E-state index in [1.165, 1.54) is 11.7 Å². The summed E-state index contributed by atoms with van der Waals surface area (Å²) in [5.74, 6) is -0.769. The smallest absolute Gasteiger partial charge is 0.337 e. The predicted octanol–water partition coefficient (Wildman–Crippen LogP) is 2.24. The van der Waals surface area contributed by atoms with Crippen molar-refractivity contribution < 1.29 is 14.3 Å². The zero-order chi connectivity index (χ0) is 18.7. The maximum atomic E-state index is 12.5. The molecule has 0 radical (unpaired) electrons. The van der Waals surface area contributed by atoms with Gasteiger partial charge in [-0.05, 0) is 38.0 Å². The molecule has 3 rings (SSSR count). The van der Waals surface area contributed by atoms with E-state index in [0.717, 1.165) is 48.6 Å². The molecule has 1 aliphatic heterocycles.